The van der Waals surface area contributed by atoms with E-state index >= 15 is 0 Å². The number of rotatable bonds is 6. The second-order valence-corrected chi connectivity index (χ2v) is 3.32. The smallest absolute Gasteiger partial charge is 0.0405 e. The minimum atomic E-state index is 0.192. The van der Waals surface area contributed by atoms with Crippen molar-refractivity contribution in [3.05, 3.63) is 0 Å². The minimum Gasteiger partial charge on any atom is -0.310 e. The summed E-state index contributed by atoms with van der Waals surface area (Å²) in [6.45, 7) is 7.63. The van der Waals surface area contributed by atoms with Crippen molar-refractivity contribution in [1.29, 1.82) is 0 Å². The molecule has 0 aliphatic rings. The molecule has 0 spiro atoms. The van der Waals surface area contributed by atoms with Gasteiger partial charge in [0.15, 0.2) is 0 Å². The molecule has 0 aromatic rings. The molecule has 1 N–H and O–H groups in total. The lowest BCUT2D eigenvalue weighted by molar-refractivity contribution is 0.337. The Bertz CT molecular complexity index is 81.3. The SMILES string of the molecule is CCCNC(CC)(CC)CCl. The highest BCUT2D eigenvalue weighted by Gasteiger charge is 2.22. The quantitative estimate of drug-likeness (QED) is 0.616. The van der Waals surface area contributed by atoms with Crippen LogP contribution in [-0.4, -0.2) is 18.0 Å². The van der Waals surface area contributed by atoms with E-state index in [0.29, 0.717) is 0 Å². The van der Waals surface area contributed by atoms with Crippen LogP contribution >= 0.6 is 11.6 Å². The van der Waals surface area contributed by atoms with Gasteiger partial charge in [-0.05, 0) is 25.8 Å². The molecule has 0 rings (SSSR count). The van der Waals surface area contributed by atoms with Crippen LogP contribution in [0.3, 0.4) is 0 Å². The molecule has 0 aromatic carbocycles. The van der Waals surface area contributed by atoms with Gasteiger partial charge in [-0.3, -0.25) is 0 Å². The van der Waals surface area contributed by atoms with Crippen LogP contribution < -0.4 is 5.32 Å². The third-order valence-corrected chi connectivity index (χ3v) is 2.87. The van der Waals surface area contributed by atoms with Gasteiger partial charge >= 0.3 is 0 Å². The molecule has 0 aromatic heterocycles. The van der Waals surface area contributed by atoms with E-state index in [9.17, 15) is 0 Å². The number of hydrogen-bond donors (Lipinski definition) is 1. The van der Waals surface area contributed by atoms with Gasteiger partial charge in [-0.2, -0.15) is 0 Å². The topological polar surface area (TPSA) is 12.0 Å². The third-order valence-electron chi connectivity index (χ3n) is 2.36. The summed E-state index contributed by atoms with van der Waals surface area (Å²) in [7, 11) is 0. The van der Waals surface area contributed by atoms with Crippen molar-refractivity contribution in [2.24, 2.45) is 0 Å². The summed E-state index contributed by atoms with van der Waals surface area (Å²) in [6.07, 6.45) is 3.42. The summed E-state index contributed by atoms with van der Waals surface area (Å²) in [5.74, 6) is 0.722. The normalized spacial score (nSPS) is 12.0. The molecule has 68 valence electrons. The monoisotopic (exact) mass is 177 g/mol. The van der Waals surface area contributed by atoms with Gasteiger partial charge < -0.3 is 5.32 Å². The lowest BCUT2D eigenvalue weighted by atomic mass is 9.95. The van der Waals surface area contributed by atoms with Crippen molar-refractivity contribution in [2.45, 2.75) is 45.6 Å². The van der Waals surface area contributed by atoms with Gasteiger partial charge in [0, 0.05) is 11.4 Å². The van der Waals surface area contributed by atoms with Crippen molar-refractivity contribution in [3.63, 3.8) is 0 Å². The highest BCUT2D eigenvalue weighted by molar-refractivity contribution is 6.18. The predicted molar refractivity (Wildman–Crippen MR) is 52.3 cm³/mol. The second kappa shape index (κ2) is 5.84. The summed E-state index contributed by atoms with van der Waals surface area (Å²) in [5, 5.41) is 3.50. The maximum atomic E-state index is 5.90. The highest BCUT2D eigenvalue weighted by atomic mass is 35.5. The van der Waals surface area contributed by atoms with E-state index in [1.54, 1.807) is 0 Å². The van der Waals surface area contributed by atoms with E-state index in [-0.39, 0.29) is 5.54 Å². The fraction of sp³-hybridized carbons (Fsp3) is 1.00. The van der Waals surface area contributed by atoms with E-state index in [0.717, 1.165) is 25.3 Å². The van der Waals surface area contributed by atoms with E-state index in [1.165, 1.54) is 6.42 Å². The van der Waals surface area contributed by atoms with Crippen molar-refractivity contribution >= 4 is 11.6 Å². The largest absolute Gasteiger partial charge is 0.310 e. The predicted octanol–water partition coefficient (Wildman–Crippen LogP) is 2.78. The number of alkyl halides is 1. The highest BCUT2D eigenvalue weighted by Crippen LogP contribution is 2.16. The third kappa shape index (κ3) is 3.44. The van der Waals surface area contributed by atoms with Gasteiger partial charge in [0.1, 0.15) is 0 Å². The average Bonchev–Trinajstić information content (AvgIpc) is 2.08. The fourth-order valence-electron chi connectivity index (χ4n) is 1.13. The van der Waals surface area contributed by atoms with E-state index in [1.807, 2.05) is 0 Å². The first kappa shape index (κ1) is 11.2. The van der Waals surface area contributed by atoms with E-state index in [2.05, 4.69) is 26.1 Å². The van der Waals surface area contributed by atoms with Crippen LogP contribution in [0.4, 0.5) is 0 Å². The Kier molecular flexibility index (Phi) is 5.98. The molecular formula is C9H20ClN. The molecular weight excluding hydrogens is 158 g/mol. The number of hydrogen-bond acceptors (Lipinski definition) is 1. The Balaban J connectivity index is 3.84. The number of halogens is 1. The molecule has 11 heavy (non-hydrogen) atoms. The van der Waals surface area contributed by atoms with Crippen LogP contribution in [0.5, 0.6) is 0 Å². The minimum absolute atomic E-state index is 0.192. The van der Waals surface area contributed by atoms with Crippen molar-refractivity contribution < 1.29 is 0 Å². The average molecular weight is 178 g/mol. The summed E-state index contributed by atoms with van der Waals surface area (Å²) in [6, 6.07) is 0. The van der Waals surface area contributed by atoms with Crippen LogP contribution in [0.1, 0.15) is 40.0 Å². The Morgan fingerprint density at radius 1 is 1.18 bits per heavy atom. The zero-order valence-electron chi connectivity index (χ0n) is 7.91. The molecule has 0 unspecified atom stereocenters. The zero-order valence-corrected chi connectivity index (χ0v) is 8.67. The summed E-state index contributed by atoms with van der Waals surface area (Å²) in [5.41, 5.74) is 0.192. The van der Waals surface area contributed by atoms with Gasteiger partial charge in [-0.15, -0.1) is 11.6 Å². The lowest BCUT2D eigenvalue weighted by Gasteiger charge is -2.30. The number of nitrogens with one attached hydrogen (secondary N) is 1. The molecule has 0 aliphatic carbocycles. The Morgan fingerprint density at radius 3 is 2.00 bits per heavy atom. The van der Waals surface area contributed by atoms with Gasteiger partial charge in [-0.1, -0.05) is 20.8 Å². The van der Waals surface area contributed by atoms with Gasteiger partial charge in [-0.25, -0.2) is 0 Å². The molecule has 0 amide bonds. The van der Waals surface area contributed by atoms with Crippen LogP contribution in [0.2, 0.25) is 0 Å². The van der Waals surface area contributed by atoms with Gasteiger partial charge in [0.05, 0.1) is 0 Å². The summed E-state index contributed by atoms with van der Waals surface area (Å²) in [4.78, 5) is 0. The molecule has 0 aliphatic heterocycles. The fourth-order valence-corrected chi connectivity index (χ4v) is 1.60. The van der Waals surface area contributed by atoms with Crippen LogP contribution in [0.25, 0.3) is 0 Å². The molecule has 0 bridgehead atoms. The van der Waals surface area contributed by atoms with Gasteiger partial charge in [0.2, 0.25) is 0 Å². The zero-order chi connectivity index (χ0) is 8.74. The van der Waals surface area contributed by atoms with E-state index < -0.39 is 0 Å². The Hall–Kier alpha value is 0.250. The molecule has 0 saturated carbocycles. The standard InChI is InChI=1S/C9H20ClN/c1-4-7-11-9(5-2,6-3)8-10/h11H,4-8H2,1-3H3. The first-order valence-corrected chi connectivity index (χ1v) is 5.09. The summed E-state index contributed by atoms with van der Waals surface area (Å²) >= 11 is 5.90. The molecule has 0 radical (unpaired) electrons. The molecule has 0 saturated heterocycles. The van der Waals surface area contributed by atoms with Crippen LogP contribution in [0.15, 0.2) is 0 Å². The maximum Gasteiger partial charge on any atom is 0.0405 e. The molecule has 0 heterocycles. The van der Waals surface area contributed by atoms with Crippen molar-refractivity contribution in [1.82, 2.24) is 5.32 Å². The first-order chi connectivity index (χ1) is 5.24. The van der Waals surface area contributed by atoms with Crippen LogP contribution in [-0.2, 0) is 0 Å². The summed E-state index contributed by atoms with van der Waals surface area (Å²) < 4.78 is 0. The Morgan fingerprint density at radius 2 is 1.73 bits per heavy atom. The second-order valence-electron chi connectivity index (χ2n) is 3.05. The van der Waals surface area contributed by atoms with Gasteiger partial charge in [0.25, 0.3) is 0 Å². The van der Waals surface area contributed by atoms with Crippen molar-refractivity contribution in [2.75, 3.05) is 12.4 Å². The lowest BCUT2D eigenvalue weighted by Crippen LogP contribution is -2.46. The molecule has 0 fully saturated rings. The molecule has 1 nitrogen and oxygen atoms in total. The van der Waals surface area contributed by atoms with E-state index in [4.69, 9.17) is 11.6 Å². The first-order valence-electron chi connectivity index (χ1n) is 4.55. The molecule has 0 atom stereocenters. The Labute approximate surface area is 75.5 Å². The maximum absolute atomic E-state index is 5.90. The van der Waals surface area contributed by atoms with Crippen molar-refractivity contribution in [3.8, 4) is 0 Å². The molecule has 2 heteroatoms. The van der Waals surface area contributed by atoms with Crippen LogP contribution in [0, 0.1) is 0 Å².